The number of anilines is 1. The van der Waals surface area contributed by atoms with E-state index in [-0.39, 0.29) is 21.5 Å². The first-order chi connectivity index (χ1) is 12.2. The van der Waals surface area contributed by atoms with Crippen LogP contribution in [0.3, 0.4) is 0 Å². The molecule has 0 aromatic heterocycles. The largest absolute Gasteiger partial charge is 0.322 e. The lowest BCUT2D eigenvalue weighted by atomic mass is 10.2. The van der Waals surface area contributed by atoms with Gasteiger partial charge >= 0.3 is 0 Å². The molecule has 0 aliphatic rings. The summed E-state index contributed by atoms with van der Waals surface area (Å²) >= 11 is 7.72. The number of nitrogens with one attached hydrogen (secondary N) is 1. The fraction of sp³-hybridized carbons (Fsp3) is 0.278. The fourth-order valence-corrected chi connectivity index (χ4v) is 4.16. The van der Waals surface area contributed by atoms with E-state index in [1.165, 1.54) is 29.6 Å². The highest BCUT2D eigenvalue weighted by molar-refractivity contribution is 7.98. The summed E-state index contributed by atoms with van der Waals surface area (Å²) in [7, 11) is -2.20. The monoisotopic (exact) mass is 412 g/mol. The Kier molecular flexibility index (Phi) is 6.74. The van der Waals surface area contributed by atoms with Gasteiger partial charge in [0, 0.05) is 23.7 Å². The van der Waals surface area contributed by atoms with Crippen molar-refractivity contribution in [3.05, 3.63) is 53.1 Å². The van der Waals surface area contributed by atoms with Gasteiger partial charge in [0.1, 0.15) is 0 Å². The molecule has 0 heterocycles. The Labute approximate surface area is 163 Å². The van der Waals surface area contributed by atoms with Crippen molar-refractivity contribution in [1.29, 1.82) is 0 Å². The van der Waals surface area contributed by atoms with E-state index in [0.29, 0.717) is 5.69 Å². The molecule has 0 spiro atoms. The highest BCUT2D eigenvalue weighted by Gasteiger charge is 2.25. The van der Waals surface area contributed by atoms with Gasteiger partial charge in [-0.25, -0.2) is 8.42 Å². The van der Waals surface area contributed by atoms with E-state index >= 15 is 0 Å². The van der Waals surface area contributed by atoms with E-state index in [2.05, 4.69) is 5.32 Å². The van der Waals surface area contributed by atoms with E-state index < -0.39 is 15.9 Å². The van der Waals surface area contributed by atoms with Crippen molar-refractivity contribution < 1.29 is 13.2 Å². The van der Waals surface area contributed by atoms with Gasteiger partial charge in [0.15, 0.2) is 0 Å². The topological polar surface area (TPSA) is 66.5 Å². The summed E-state index contributed by atoms with van der Waals surface area (Å²) in [6.45, 7) is 3.55. The van der Waals surface area contributed by atoms with Gasteiger partial charge in [0.2, 0.25) is 10.0 Å². The van der Waals surface area contributed by atoms with Crippen molar-refractivity contribution in [2.45, 2.75) is 29.7 Å². The minimum atomic E-state index is -3.70. The highest BCUT2D eigenvalue weighted by Crippen LogP contribution is 2.25. The van der Waals surface area contributed by atoms with Crippen LogP contribution in [0.15, 0.2) is 52.3 Å². The number of amides is 1. The molecule has 0 saturated carbocycles. The van der Waals surface area contributed by atoms with E-state index in [0.717, 1.165) is 4.90 Å². The molecule has 0 atom stereocenters. The summed E-state index contributed by atoms with van der Waals surface area (Å²) in [5.74, 6) is -0.462. The predicted molar refractivity (Wildman–Crippen MR) is 108 cm³/mol. The smallest absolute Gasteiger partial charge is 0.257 e. The summed E-state index contributed by atoms with van der Waals surface area (Å²) < 4.78 is 26.5. The van der Waals surface area contributed by atoms with Crippen LogP contribution < -0.4 is 5.32 Å². The van der Waals surface area contributed by atoms with Gasteiger partial charge in [0.05, 0.1) is 15.5 Å². The number of carbonyl (C=O) groups is 1. The second kappa shape index (κ2) is 8.43. The predicted octanol–water partition coefficient (Wildman–Crippen LogP) is 4.34. The first-order valence-corrected chi connectivity index (χ1v) is 10.9. The lowest BCUT2D eigenvalue weighted by Gasteiger charge is -2.21. The molecule has 5 nitrogen and oxygen atoms in total. The Morgan fingerprint density at radius 1 is 1.15 bits per heavy atom. The highest BCUT2D eigenvalue weighted by atomic mass is 35.5. The molecule has 2 aromatic carbocycles. The maximum Gasteiger partial charge on any atom is 0.257 e. The Bertz CT molecular complexity index is 897. The van der Waals surface area contributed by atoms with Crippen LogP contribution in [-0.2, 0) is 10.0 Å². The van der Waals surface area contributed by atoms with Crippen molar-refractivity contribution in [3.8, 4) is 0 Å². The second-order valence-electron chi connectivity index (χ2n) is 5.94. The number of rotatable bonds is 6. The minimum Gasteiger partial charge on any atom is -0.322 e. The molecule has 0 unspecified atom stereocenters. The Morgan fingerprint density at radius 2 is 1.77 bits per heavy atom. The summed E-state index contributed by atoms with van der Waals surface area (Å²) in [6.07, 6.45) is 1.97. The van der Waals surface area contributed by atoms with Crippen LogP contribution in [0.4, 0.5) is 5.69 Å². The number of nitrogens with zero attached hydrogens (tertiary/aromatic N) is 1. The third-order valence-electron chi connectivity index (χ3n) is 3.93. The minimum absolute atomic E-state index is 0.0287. The van der Waals surface area contributed by atoms with Crippen molar-refractivity contribution in [3.63, 3.8) is 0 Å². The summed E-state index contributed by atoms with van der Waals surface area (Å²) in [5, 5.41) is 2.93. The third-order valence-corrected chi connectivity index (χ3v) is 7.04. The van der Waals surface area contributed by atoms with Gasteiger partial charge in [-0.05, 0) is 62.6 Å². The lowest BCUT2D eigenvalue weighted by molar-refractivity contribution is 0.102. The number of hydrogen-bond acceptors (Lipinski definition) is 4. The fourth-order valence-electron chi connectivity index (χ4n) is 2.16. The SMILES string of the molecule is CSc1ccc(NC(=O)c2cc(S(=O)(=O)N(C)C(C)C)ccc2Cl)cc1. The van der Waals surface area contributed by atoms with Crippen LogP contribution in [0.25, 0.3) is 0 Å². The van der Waals surface area contributed by atoms with Crippen LogP contribution in [0.2, 0.25) is 5.02 Å². The molecule has 2 rings (SSSR count). The molecule has 1 N–H and O–H groups in total. The maximum atomic E-state index is 12.6. The molecule has 26 heavy (non-hydrogen) atoms. The van der Waals surface area contributed by atoms with E-state index in [9.17, 15) is 13.2 Å². The molecule has 0 bridgehead atoms. The van der Waals surface area contributed by atoms with Gasteiger partial charge in [-0.3, -0.25) is 4.79 Å². The number of halogens is 1. The first-order valence-electron chi connectivity index (χ1n) is 7.90. The van der Waals surface area contributed by atoms with Crippen LogP contribution >= 0.6 is 23.4 Å². The Morgan fingerprint density at radius 3 is 2.31 bits per heavy atom. The Hall–Kier alpha value is -1.54. The molecule has 8 heteroatoms. The summed E-state index contributed by atoms with van der Waals surface area (Å²) in [6, 6.07) is 11.3. The van der Waals surface area contributed by atoms with Gasteiger partial charge < -0.3 is 5.32 Å². The number of carbonyl (C=O) groups excluding carboxylic acids is 1. The molecule has 0 saturated heterocycles. The zero-order chi connectivity index (χ0) is 19.5. The van der Waals surface area contributed by atoms with Crippen molar-refractivity contribution in [2.75, 3.05) is 18.6 Å². The standard InChI is InChI=1S/C18H21ClN2O3S2/c1-12(2)21(3)26(23,24)15-9-10-17(19)16(11-15)18(22)20-13-5-7-14(25-4)8-6-13/h5-12H,1-4H3,(H,20,22). The first kappa shape index (κ1) is 20.8. The molecule has 0 fully saturated rings. The second-order valence-corrected chi connectivity index (χ2v) is 9.22. The normalized spacial score (nSPS) is 11.8. The number of sulfonamides is 1. The third kappa shape index (κ3) is 4.59. The molecule has 0 aliphatic carbocycles. The average molecular weight is 413 g/mol. The van der Waals surface area contributed by atoms with Gasteiger partial charge in [-0.15, -0.1) is 11.8 Å². The zero-order valence-corrected chi connectivity index (χ0v) is 17.4. The van der Waals surface area contributed by atoms with Gasteiger partial charge in [0.25, 0.3) is 5.91 Å². The Balaban J connectivity index is 2.32. The van der Waals surface area contributed by atoms with E-state index in [1.807, 2.05) is 18.4 Å². The van der Waals surface area contributed by atoms with Gasteiger partial charge in [-0.2, -0.15) is 4.31 Å². The lowest BCUT2D eigenvalue weighted by Crippen LogP contribution is -2.33. The summed E-state index contributed by atoms with van der Waals surface area (Å²) in [5.41, 5.74) is 0.718. The van der Waals surface area contributed by atoms with Gasteiger partial charge in [-0.1, -0.05) is 11.6 Å². The molecule has 140 valence electrons. The summed E-state index contributed by atoms with van der Waals surface area (Å²) in [4.78, 5) is 13.7. The number of hydrogen-bond donors (Lipinski definition) is 1. The van der Waals surface area contributed by atoms with E-state index in [1.54, 1.807) is 37.7 Å². The van der Waals surface area contributed by atoms with Crippen molar-refractivity contribution in [2.24, 2.45) is 0 Å². The molecule has 1 amide bonds. The van der Waals surface area contributed by atoms with E-state index in [4.69, 9.17) is 11.6 Å². The van der Waals surface area contributed by atoms with Crippen LogP contribution in [0.1, 0.15) is 24.2 Å². The number of thioether (sulfide) groups is 1. The molecule has 0 aliphatic heterocycles. The van der Waals surface area contributed by atoms with Crippen molar-refractivity contribution in [1.82, 2.24) is 4.31 Å². The maximum absolute atomic E-state index is 12.6. The molecule has 0 radical (unpaired) electrons. The molecular weight excluding hydrogens is 392 g/mol. The van der Waals surface area contributed by atoms with Crippen LogP contribution in [0.5, 0.6) is 0 Å². The van der Waals surface area contributed by atoms with Crippen LogP contribution in [0, 0.1) is 0 Å². The zero-order valence-electron chi connectivity index (χ0n) is 15.0. The molecule has 2 aromatic rings. The average Bonchev–Trinajstić information content (AvgIpc) is 2.61. The van der Waals surface area contributed by atoms with Crippen LogP contribution in [-0.4, -0.2) is 38.0 Å². The quantitative estimate of drug-likeness (QED) is 0.716. The number of benzene rings is 2. The molecular formula is C18H21ClN2O3S2. The van der Waals surface area contributed by atoms with Crippen molar-refractivity contribution >= 4 is 45.0 Å².